The SMILES string of the molecule is Cc1cc(C2=CC(C)(C)CCO2)nc2c(C(=O)NC(C3CC3)C(F)(F)F)cnn12. The second-order valence-electron chi connectivity index (χ2n) is 8.50. The van der Waals surface area contributed by atoms with Gasteiger partial charge in [-0.3, -0.25) is 4.79 Å². The van der Waals surface area contributed by atoms with E-state index in [1.165, 1.54) is 10.7 Å². The van der Waals surface area contributed by atoms with Crippen molar-refractivity contribution >= 4 is 17.3 Å². The molecular weight excluding hydrogens is 385 g/mol. The summed E-state index contributed by atoms with van der Waals surface area (Å²) in [6, 6.07) is -0.0584. The van der Waals surface area contributed by atoms with Crippen LogP contribution in [0.25, 0.3) is 11.4 Å². The Hall–Kier alpha value is -2.58. The van der Waals surface area contributed by atoms with Gasteiger partial charge in [-0.25, -0.2) is 9.50 Å². The number of allylic oxidation sites excluding steroid dienone is 1. The summed E-state index contributed by atoms with van der Waals surface area (Å²) in [7, 11) is 0. The topological polar surface area (TPSA) is 68.5 Å². The van der Waals surface area contributed by atoms with Crippen LogP contribution >= 0.6 is 0 Å². The molecule has 0 saturated heterocycles. The number of nitrogens with one attached hydrogen (secondary N) is 1. The van der Waals surface area contributed by atoms with Crippen LogP contribution in [-0.2, 0) is 4.74 Å². The number of alkyl halides is 3. The Kier molecular flexibility index (Phi) is 4.59. The molecule has 6 nitrogen and oxygen atoms in total. The van der Waals surface area contributed by atoms with E-state index in [1.54, 1.807) is 13.0 Å². The van der Waals surface area contributed by atoms with Gasteiger partial charge in [0.1, 0.15) is 23.1 Å². The van der Waals surface area contributed by atoms with Gasteiger partial charge in [-0.15, -0.1) is 0 Å². The molecule has 9 heteroatoms. The second-order valence-corrected chi connectivity index (χ2v) is 8.50. The summed E-state index contributed by atoms with van der Waals surface area (Å²) in [6.07, 6.45) is 0.551. The van der Waals surface area contributed by atoms with Crippen molar-refractivity contribution in [2.24, 2.45) is 11.3 Å². The summed E-state index contributed by atoms with van der Waals surface area (Å²) in [6.45, 7) is 6.53. The number of amides is 1. The molecule has 1 amide bonds. The summed E-state index contributed by atoms with van der Waals surface area (Å²) in [5, 5.41) is 6.28. The molecule has 0 aromatic carbocycles. The average molecular weight is 408 g/mol. The summed E-state index contributed by atoms with van der Waals surface area (Å²) in [5.41, 5.74) is 1.40. The fraction of sp³-hybridized carbons (Fsp3) is 0.550. The van der Waals surface area contributed by atoms with Gasteiger partial charge in [0.15, 0.2) is 5.65 Å². The van der Waals surface area contributed by atoms with Crippen LogP contribution in [0, 0.1) is 18.3 Å². The zero-order valence-electron chi connectivity index (χ0n) is 16.5. The Morgan fingerprint density at radius 1 is 1.38 bits per heavy atom. The minimum absolute atomic E-state index is 0.0144. The van der Waals surface area contributed by atoms with Crippen molar-refractivity contribution in [1.82, 2.24) is 19.9 Å². The van der Waals surface area contributed by atoms with Gasteiger partial charge in [0, 0.05) is 5.69 Å². The summed E-state index contributed by atoms with van der Waals surface area (Å²) in [5.74, 6) is -0.781. The van der Waals surface area contributed by atoms with E-state index < -0.39 is 24.0 Å². The molecule has 1 atom stereocenters. The summed E-state index contributed by atoms with van der Waals surface area (Å²) < 4.78 is 47.1. The van der Waals surface area contributed by atoms with Crippen LogP contribution in [0.4, 0.5) is 13.2 Å². The maximum atomic E-state index is 13.3. The van der Waals surface area contributed by atoms with Gasteiger partial charge in [-0.1, -0.05) is 13.8 Å². The lowest BCUT2D eigenvalue weighted by molar-refractivity contribution is -0.158. The van der Waals surface area contributed by atoms with E-state index >= 15 is 0 Å². The molecule has 1 saturated carbocycles. The fourth-order valence-electron chi connectivity index (χ4n) is 3.56. The van der Waals surface area contributed by atoms with E-state index in [-0.39, 0.29) is 16.6 Å². The summed E-state index contributed by atoms with van der Waals surface area (Å²) in [4.78, 5) is 17.2. The number of ether oxygens (including phenoxy) is 1. The standard InChI is InChI=1S/C20H23F3N4O2/c1-11-8-14(15-9-19(2,3)6-7-29-15)25-17-13(10-24-27(11)17)18(28)26-16(12-4-5-12)20(21,22)23/h8-10,12,16H,4-7H2,1-3H3,(H,26,28). The summed E-state index contributed by atoms with van der Waals surface area (Å²) >= 11 is 0. The molecule has 0 spiro atoms. The number of fused-ring (bicyclic) bond motifs is 1. The molecule has 1 aliphatic carbocycles. The smallest absolute Gasteiger partial charge is 0.408 e. The molecule has 2 aromatic rings. The zero-order chi connectivity index (χ0) is 21.0. The quantitative estimate of drug-likeness (QED) is 0.833. The monoisotopic (exact) mass is 408 g/mol. The predicted octanol–water partition coefficient (Wildman–Crippen LogP) is 3.90. The molecule has 0 bridgehead atoms. The van der Waals surface area contributed by atoms with Crippen LogP contribution in [0.2, 0.25) is 0 Å². The maximum absolute atomic E-state index is 13.3. The number of aromatic nitrogens is 3. The highest BCUT2D eigenvalue weighted by molar-refractivity contribution is 6.00. The van der Waals surface area contributed by atoms with Gasteiger partial charge in [-0.05, 0) is 49.7 Å². The normalized spacial score (nSPS) is 20.1. The number of hydrogen-bond acceptors (Lipinski definition) is 4. The molecule has 1 unspecified atom stereocenters. The predicted molar refractivity (Wildman–Crippen MR) is 100 cm³/mol. The Labute approximate surface area is 166 Å². The van der Waals surface area contributed by atoms with Crippen molar-refractivity contribution in [3.05, 3.63) is 35.3 Å². The third-order valence-electron chi connectivity index (χ3n) is 5.41. The van der Waals surface area contributed by atoms with E-state index in [0.717, 1.165) is 6.42 Å². The molecule has 0 radical (unpaired) electrons. The van der Waals surface area contributed by atoms with E-state index in [4.69, 9.17) is 4.74 Å². The molecule has 156 valence electrons. The molecule has 2 aromatic heterocycles. The highest BCUT2D eigenvalue weighted by Gasteiger charge is 2.49. The number of carbonyl (C=O) groups excluding carboxylic acids is 1. The molecule has 1 aliphatic heterocycles. The van der Waals surface area contributed by atoms with E-state index in [0.29, 0.717) is 36.6 Å². The molecule has 3 heterocycles. The highest BCUT2D eigenvalue weighted by atomic mass is 19.4. The third-order valence-corrected chi connectivity index (χ3v) is 5.41. The first-order valence-electron chi connectivity index (χ1n) is 9.64. The van der Waals surface area contributed by atoms with Gasteiger partial charge < -0.3 is 10.1 Å². The zero-order valence-corrected chi connectivity index (χ0v) is 16.5. The molecule has 1 N–H and O–H groups in total. The number of hydrogen-bond donors (Lipinski definition) is 1. The fourth-order valence-corrected chi connectivity index (χ4v) is 3.56. The van der Waals surface area contributed by atoms with Crippen LogP contribution < -0.4 is 5.32 Å². The molecular formula is C20H23F3N4O2. The molecule has 4 rings (SSSR count). The third kappa shape index (κ3) is 3.95. The van der Waals surface area contributed by atoms with Crippen molar-refractivity contribution in [3.63, 3.8) is 0 Å². The minimum atomic E-state index is -4.49. The van der Waals surface area contributed by atoms with Crippen molar-refractivity contribution < 1.29 is 22.7 Å². The van der Waals surface area contributed by atoms with Gasteiger partial charge in [0.05, 0.1) is 12.8 Å². The number of aryl methyl sites for hydroxylation is 1. The van der Waals surface area contributed by atoms with Gasteiger partial charge in [-0.2, -0.15) is 18.3 Å². The maximum Gasteiger partial charge on any atom is 0.408 e. The Morgan fingerprint density at radius 3 is 2.72 bits per heavy atom. The lowest BCUT2D eigenvalue weighted by atomic mass is 9.87. The molecule has 2 aliphatic rings. The van der Waals surface area contributed by atoms with Crippen LogP contribution in [0.1, 0.15) is 54.9 Å². The molecule has 29 heavy (non-hydrogen) atoms. The van der Waals surface area contributed by atoms with Crippen LogP contribution in [0.15, 0.2) is 18.3 Å². The number of nitrogens with zero attached hydrogens (tertiary/aromatic N) is 3. The average Bonchev–Trinajstić information content (AvgIpc) is 3.35. The van der Waals surface area contributed by atoms with E-state index in [2.05, 4.69) is 29.2 Å². The van der Waals surface area contributed by atoms with Gasteiger partial charge in [0.25, 0.3) is 5.91 Å². The molecule has 1 fully saturated rings. The van der Waals surface area contributed by atoms with Crippen LogP contribution in [-0.4, -0.2) is 39.3 Å². The van der Waals surface area contributed by atoms with Gasteiger partial charge in [0.2, 0.25) is 0 Å². The highest BCUT2D eigenvalue weighted by Crippen LogP contribution is 2.40. The first-order chi connectivity index (χ1) is 13.5. The van der Waals surface area contributed by atoms with E-state index in [9.17, 15) is 18.0 Å². The Bertz CT molecular complexity index is 990. The first kappa shape index (κ1) is 19.7. The van der Waals surface area contributed by atoms with Crippen molar-refractivity contribution in [2.75, 3.05) is 6.61 Å². The van der Waals surface area contributed by atoms with Crippen molar-refractivity contribution in [2.45, 2.75) is 52.3 Å². The van der Waals surface area contributed by atoms with Crippen molar-refractivity contribution in [3.8, 4) is 0 Å². The second kappa shape index (κ2) is 6.74. The number of carbonyl (C=O) groups is 1. The van der Waals surface area contributed by atoms with Crippen LogP contribution in [0.3, 0.4) is 0 Å². The Balaban J connectivity index is 1.70. The lowest BCUT2D eigenvalue weighted by Crippen LogP contribution is -2.46. The number of halogens is 3. The largest absolute Gasteiger partial charge is 0.492 e. The lowest BCUT2D eigenvalue weighted by Gasteiger charge is -2.27. The van der Waals surface area contributed by atoms with E-state index in [1.807, 2.05) is 6.08 Å². The van der Waals surface area contributed by atoms with Crippen LogP contribution in [0.5, 0.6) is 0 Å². The van der Waals surface area contributed by atoms with Gasteiger partial charge >= 0.3 is 6.18 Å². The number of rotatable bonds is 4. The first-order valence-corrected chi connectivity index (χ1v) is 9.64. The van der Waals surface area contributed by atoms with Crippen molar-refractivity contribution in [1.29, 1.82) is 0 Å². The minimum Gasteiger partial charge on any atom is -0.492 e. The Morgan fingerprint density at radius 2 is 2.10 bits per heavy atom.